The van der Waals surface area contributed by atoms with Gasteiger partial charge in [0.25, 0.3) is 0 Å². The molecule has 0 heterocycles. The van der Waals surface area contributed by atoms with E-state index >= 15 is 0 Å². The van der Waals surface area contributed by atoms with Crippen molar-refractivity contribution in [2.75, 3.05) is 0 Å². The first kappa shape index (κ1) is 8.06. The third-order valence-electron chi connectivity index (χ3n) is 2.87. The minimum atomic E-state index is 0.00917. The summed E-state index contributed by atoms with van der Waals surface area (Å²) < 4.78 is 0. The number of aliphatic hydroxyl groups excluding tert-OH is 1. The minimum Gasteiger partial charge on any atom is -0.393 e. The Morgan fingerprint density at radius 2 is 1.50 bits per heavy atom. The molecule has 0 amide bonds. The predicted octanol–water partition coefficient (Wildman–Crippen LogP) is 2.19. The molecule has 0 bridgehead atoms. The Bertz CT molecular complexity index is 88.9. The van der Waals surface area contributed by atoms with Gasteiger partial charge in [0.2, 0.25) is 0 Å². The van der Waals surface area contributed by atoms with Gasteiger partial charge in [-0.1, -0.05) is 26.7 Å². The van der Waals surface area contributed by atoms with Gasteiger partial charge < -0.3 is 5.11 Å². The summed E-state index contributed by atoms with van der Waals surface area (Å²) in [5.41, 5.74) is 0. The van der Waals surface area contributed by atoms with E-state index in [0.717, 1.165) is 24.7 Å². The molecule has 0 aliphatic heterocycles. The molecule has 1 aliphatic rings. The predicted molar refractivity (Wildman–Crippen MR) is 42.8 cm³/mol. The molecule has 0 aromatic carbocycles. The van der Waals surface area contributed by atoms with E-state index in [1.54, 1.807) is 0 Å². The van der Waals surface area contributed by atoms with Crippen LogP contribution in [0.5, 0.6) is 0 Å². The quantitative estimate of drug-likeness (QED) is 0.626. The van der Waals surface area contributed by atoms with E-state index in [1.807, 2.05) is 0 Å². The standard InChI is InChI=1S/C9H18O/c1-3-7-5-9(10)6-8(7)4-2/h7-10H,3-6H2,1-2H3. The molecule has 1 fully saturated rings. The lowest BCUT2D eigenvalue weighted by atomic mass is 9.92. The largest absolute Gasteiger partial charge is 0.393 e. The first-order chi connectivity index (χ1) is 4.77. The van der Waals surface area contributed by atoms with Crippen LogP contribution in [-0.2, 0) is 0 Å². The van der Waals surface area contributed by atoms with E-state index in [9.17, 15) is 5.11 Å². The third kappa shape index (κ3) is 1.51. The fraction of sp³-hybridized carbons (Fsp3) is 1.00. The van der Waals surface area contributed by atoms with Crippen molar-refractivity contribution in [2.45, 2.75) is 45.6 Å². The molecule has 1 N–H and O–H groups in total. The Morgan fingerprint density at radius 1 is 1.10 bits per heavy atom. The summed E-state index contributed by atoms with van der Waals surface area (Å²) in [5.74, 6) is 1.61. The van der Waals surface area contributed by atoms with Crippen LogP contribution >= 0.6 is 0 Å². The zero-order valence-corrected chi connectivity index (χ0v) is 7.01. The summed E-state index contributed by atoms with van der Waals surface area (Å²) in [6.07, 6.45) is 4.60. The van der Waals surface area contributed by atoms with Gasteiger partial charge in [-0.15, -0.1) is 0 Å². The van der Waals surface area contributed by atoms with Crippen molar-refractivity contribution in [3.8, 4) is 0 Å². The first-order valence-electron chi connectivity index (χ1n) is 4.46. The van der Waals surface area contributed by atoms with Crippen LogP contribution < -0.4 is 0 Å². The summed E-state index contributed by atoms with van der Waals surface area (Å²) in [6, 6.07) is 0. The number of aliphatic hydroxyl groups is 1. The SMILES string of the molecule is CCC1CC(O)CC1CC. The molecule has 60 valence electrons. The summed E-state index contributed by atoms with van der Waals surface area (Å²) in [7, 11) is 0. The third-order valence-corrected chi connectivity index (χ3v) is 2.87. The Balaban J connectivity index is 2.41. The van der Waals surface area contributed by atoms with Crippen molar-refractivity contribution in [3.63, 3.8) is 0 Å². The summed E-state index contributed by atoms with van der Waals surface area (Å²) in [4.78, 5) is 0. The minimum absolute atomic E-state index is 0.00917. The van der Waals surface area contributed by atoms with Crippen LogP contribution in [0, 0.1) is 11.8 Å². The average Bonchev–Trinajstić information content (AvgIpc) is 2.30. The van der Waals surface area contributed by atoms with Gasteiger partial charge in [-0.3, -0.25) is 0 Å². The molecule has 0 saturated heterocycles. The molecule has 2 atom stereocenters. The van der Waals surface area contributed by atoms with E-state index in [1.165, 1.54) is 12.8 Å². The van der Waals surface area contributed by atoms with E-state index in [-0.39, 0.29) is 6.10 Å². The van der Waals surface area contributed by atoms with Crippen LogP contribution in [0.15, 0.2) is 0 Å². The van der Waals surface area contributed by atoms with E-state index < -0.39 is 0 Å². The summed E-state index contributed by atoms with van der Waals surface area (Å²) in [5, 5.41) is 9.33. The molecule has 1 rings (SSSR count). The van der Waals surface area contributed by atoms with Crippen LogP contribution in [0.25, 0.3) is 0 Å². The van der Waals surface area contributed by atoms with Crippen LogP contribution in [0.4, 0.5) is 0 Å². The van der Waals surface area contributed by atoms with Crippen LogP contribution in [0.1, 0.15) is 39.5 Å². The van der Waals surface area contributed by atoms with Crippen molar-refractivity contribution in [1.82, 2.24) is 0 Å². The second-order valence-electron chi connectivity index (χ2n) is 3.46. The molecule has 0 aromatic rings. The van der Waals surface area contributed by atoms with Crippen molar-refractivity contribution >= 4 is 0 Å². The smallest absolute Gasteiger partial charge is 0.0545 e. The molecule has 1 heteroatoms. The van der Waals surface area contributed by atoms with Gasteiger partial charge in [-0.05, 0) is 24.7 Å². The topological polar surface area (TPSA) is 20.2 Å². The lowest BCUT2D eigenvalue weighted by Crippen LogP contribution is -2.04. The highest BCUT2D eigenvalue weighted by Crippen LogP contribution is 2.35. The lowest BCUT2D eigenvalue weighted by molar-refractivity contribution is 0.175. The van der Waals surface area contributed by atoms with Gasteiger partial charge in [0.1, 0.15) is 0 Å². The number of hydrogen-bond donors (Lipinski definition) is 1. The summed E-state index contributed by atoms with van der Waals surface area (Å²) >= 11 is 0. The van der Waals surface area contributed by atoms with Crippen LogP contribution in [-0.4, -0.2) is 11.2 Å². The van der Waals surface area contributed by atoms with Crippen molar-refractivity contribution in [1.29, 1.82) is 0 Å². The summed E-state index contributed by atoms with van der Waals surface area (Å²) in [6.45, 7) is 4.46. The van der Waals surface area contributed by atoms with Crippen molar-refractivity contribution in [2.24, 2.45) is 11.8 Å². The Kier molecular flexibility index (Phi) is 2.72. The average molecular weight is 142 g/mol. The molecule has 1 nitrogen and oxygen atoms in total. The molecule has 0 aromatic heterocycles. The molecule has 0 radical (unpaired) electrons. The van der Waals surface area contributed by atoms with Gasteiger partial charge in [0, 0.05) is 0 Å². The fourth-order valence-corrected chi connectivity index (χ4v) is 2.18. The van der Waals surface area contributed by atoms with Crippen LogP contribution in [0.2, 0.25) is 0 Å². The molecule has 0 spiro atoms. The normalized spacial score (nSPS) is 40.5. The molecule has 1 saturated carbocycles. The number of rotatable bonds is 2. The highest BCUT2D eigenvalue weighted by Gasteiger charge is 2.30. The Labute approximate surface area is 63.4 Å². The van der Waals surface area contributed by atoms with Gasteiger partial charge in [-0.2, -0.15) is 0 Å². The zero-order valence-electron chi connectivity index (χ0n) is 7.01. The van der Waals surface area contributed by atoms with Gasteiger partial charge in [0.05, 0.1) is 6.10 Å². The lowest BCUT2D eigenvalue weighted by Gasteiger charge is -2.13. The Hall–Kier alpha value is -0.0400. The highest BCUT2D eigenvalue weighted by molar-refractivity contribution is 4.81. The van der Waals surface area contributed by atoms with E-state index in [2.05, 4.69) is 13.8 Å². The maximum Gasteiger partial charge on any atom is 0.0545 e. The second-order valence-corrected chi connectivity index (χ2v) is 3.46. The first-order valence-corrected chi connectivity index (χ1v) is 4.46. The fourth-order valence-electron chi connectivity index (χ4n) is 2.18. The highest BCUT2D eigenvalue weighted by atomic mass is 16.3. The van der Waals surface area contributed by atoms with Gasteiger partial charge in [0.15, 0.2) is 0 Å². The van der Waals surface area contributed by atoms with Gasteiger partial charge in [-0.25, -0.2) is 0 Å². The van der Waals surface area contributed by atoms with Gasteiger partial charge >= 0.3 is 0 Å². The zero-order chi connectivity index (χ0) is 7.56. The maximum atomic E-state index is 9.33. The molecular formula is C9H18O. The molecule has 1 aliphatic carbocycles. The second kappa shape index (κ2) is 3.38. The molecular weight excluding hydrogens is 124 g/mol. The van der Waals surface area contributed by atoms with E-state index in [4.69, 9.17) is 0 Å². The van der Waals surface area contributed by atoms with E-state index in [0.29, 0.717) is 0 Å². The molecule has 10 heavy (non-hydrogen) atoms. The maximum absolute atomic E-state index is 9.33. The van der Waals surface area contributed by atoms with Crippen molar-refractivity contribution < 1.29 is 5.11 Å². The monoisotopic (exact) mass is 142 g/mol. The molecule has 2 unspecified atom stereocenters. The van der Waals surface area contributed by atoms with Crippen molar-refractivity contribution in [3.05, 3.63) is 0 Å². The van der Waals surface area contributed by atoms with Crippen LogP contribution in [0.3, 0.4) is 0 Å². The Morgan fingerprint density at radius 3 is 1.80 bits per heavy atom. The number of hydrogen-bond acceptors (Lipinski definition) is 1.